The Morgan fingerprint density at radius 2 is 1.74 bits per heavy atom. The number of aryl methyl sites for hydroxylation is 1. The Morgan fingerprint density at radius 1 is 1.16 bits per heavy atom. The van der Waals surface area contributed by atoms with Crippen LogP contribution in [-0.2, 0) is 0 Å². The predicted octanol–water partition coefficient (Wildman–Crippen LogP) is 4.82. The lowest BCUT2D eigenvalue weighted by Crippen LogP contribution is -2.47. The zero-order chi connectivity index (χ0) is 13.1. The SMILES string of the molecule is Cc1cc(C(O)C2C3CC4CC(C3)CC2C4)sc1Cl. The Kier molecular flexibility index (Phi) is 2.98. The fraction of sp³-hybridized carbons (Fsp3) is 0.750. The first-order valence-electron chi connectivity index (χ1n) is 7.55. The average Bonchev–Trinajstić information content (AvgIpc) is 2.68. The van der Waals surface area contributed by atoms with Crippen molar-refractivity contribution in [2.45, 2.75) is 45.1 Å². The highest BCUT2D eigenvalue weighted by Crippen LogP contribution is 2.59. The predicted molar refractivity (Wildman–Crippen MR) is 79.6 cm³/mol. The summed E-state index contributed by atoms with van der Waals surface area (Å²) in [7, 11) is 0. The van der Waals surface area contributed by atoms with Crippen LogP contribution in [0.15, 0.2) is 6.07 Å². The van der Waals surface area contributed by atoms with E-state index in [2.05, 4.69) is 6.07 Å². The van der Waals surface area contributed by atoms with E-state index in [1.54, 1.807) is 11.3 Å². The molecular weight excluding hydrogens is 276 g/mol. The van der Waals surface area contributed by atoms with Gasteiger partial charge in [0.15, 0.2) is 0 Å². The Balaban J connectivity index is 1.61. The molecule has 1 atom stereocenters. The highest BCUT2D eigenvalue weighted by Gasteiger charge is 2.50. The fourth-order valence-corrected chi connectivity index (χ4v) is 6.56. The second-order valence-electron chi connectivity index (χ2n) is 7.06. The average molecular weight is 297 g/mol. The van der Waals surface area contributed by atoms with Crippen LogP contribution in [0.3, 0.4) is 0 Å². The van der Waals surface area contributed by atoms with Gasteiger partial charge in [-0.25, -0.2) is 0 Å². The van der Waals surface area contributed by atoms with Crippen molar-refractivity contribution in [3.8, 4) is 0 Å². The summed E-state index contributed by atoms with van der Waals surface area (Å²) in [5, 5.41) is 10.8. The maximum absolute atomic E-state index is 10.8. The summed E-state index contributed by atoms with van der Waals surface area (Å²) in [6.45, 7) is 2.03. The second kappa shape index (κ2) is 4.47. The van der Waals surface area contributed by atoms with Crippen LogP contribution >= 0.6 is 22.9 Å². The third-order valence-corrected chi connectivity index (χ3v) is 7.46. The number of rotatable bonds is 2. The molecule has 19 heavy (non-hydrogen) atoms. The molecule has 1 aromatic rings. The third kappa shape index (κ3) is 1.99. The Bertz CT molecular complexity index is 447. The fourth-order valence-electron chi connectivity index (χ4n) is 5.30. The first-order chi connectivity index (χ1) is 9.11. The van der Waals surface area contributed by atoms with Crippen LogP contribution in [-0.4, -0.2) is 5.11 Å². The lowest BCUT2D eigenvalue weighted by atomic mass is 9.51. The molecular formula is C16H21ClOS. The van der Waals surface area contributed by atoms with E-state index in [-0.39, 0.29) is 6.10 Å². The maximum atomic E-state index is 10.8. The van der Waals surface area contributed by atoms with Crippen molar-refractivity contribution < 1.29 is 5.11 Å². The molecule has 0 radical (unpaired) electrons. The topological polar surface area (TPSA) is 20.2 Å². The third-order valence-electron chi connectivity index (χ3n) is 5.83. The van der Waals surface area contributed by atoms with Gasteiger partial charge < -0.3 is 5.11 Å². The molecule has 4 fully saturated rings. The maximum Gasteiger partial charge on any atom is 0.0961 e. The Morgan fingerprint density at radius 3 is 2.21 bits per heavy atom. The van der Waals surface area contributed by atoms with E-state index in [1.807, 2.05) is 6.92 Å². The molecule has 0 aromatic carbocycles. The number of thiophene rings is 1. The van der Waals surface area contributed by atoms with E-state index < -0.39 is 0 Å². The van der Waals surface area contributed by atoms with Crippen LogP contribution in [0.25, 0.3) is 0 Å². The van der Waals surface area contributed by atoms with Gasteiger partial charge in [-0.2, -0.15) is 0 Å². The molecule has 0 aliphatic heterocycles. The van der Waals surface area contributed by atoms with Crippen molar-refractivity contribution in [3.05, 3.63) is 20.8 Å². The normalized spacial score (nSPS) is 41.7. The molecule has 0 spiro atoms. The quantitative estimate of drug-likeness (QED) is 0.830. The van der Waals surface area contributed by atoms with Gasteiger partial charge in [0, 0.05) is 4.88 Å². The molecule has 104 valence electrons. The second-order valence-corrected chi connectivity index (χ2v) is 8.74. The molecule has 4 aliphatic carbocycles. The molecule has 1 aromatic heterocycles. The standard InChI is InChI=1S/C16H21ClOS/c1-8-2-13(19-16(8)17)15(18)14-11-4-9-3-10(6-11)7-12(14)5-9/h2,9-12,14-15,18H,3-7H2,1H3. The number of hydrogen-bond donors (Lipinski definition) is 1. The van der Waals surface area contributed by atoms with Gasteiger partial charge in [0.2, 0.25) is 0 Å². The van der Waals surface area contributed by atoms with Crippen molar-refractivity contribution in [1.29, 1.82) is 0 Å². The largest absolute Gasteiger partial charge is 0.387 e. The lowest BCUT2D eigenvalue weighted by Gasteiger charge is -2.55. The van der Waals surface area contributed by atoms with E-state index >= 15 is 0 Å². The van der Waals surface area contributed by atoms with Gasteiger partial charge in [-0.15, -0.1) is 11.3 Å². The molecule has 5 rings (SSSR count). The van der Waals surface area contributed by atoms with Crippen molar-refractivity contribution in [2.24, 2.45) is 29.6 Å². The van der Waals surface area contributed by atoms with Gasteiger partial charge in [-0.3, -0.25) is 0 Å². The molecule has 1 heterocycles. The summed E-state index contributed by atoms with van der Waals surface area (Å²) in [4.78, 5) is 1.10. The van der Waals surface area contributed by atoms with Crippen LogP contribution in [0.5, 0.6) is 0 Å². The molecule has 1 N–H and O–H groups in total. The van der Waals surface area contributed by atoms with Crippen molar-refractivity contribution >= 4 is 22.9 Å². The first-order valence-corrected chi connectivity index (χ1v) is 8.75. The molecule has 4 saturated carbocycles. The van der Waals surface area contributed by atoms with Crippen molar-refractivity contribution in [2.75, 3.05) is 0 Å². The van der Waals surface area contributed by atoms with E-state index in [4.69, 9.17) is 11.6 Å². The van der Waals surface area contributed by atoms with Crippen LogP contribution in [0.4, 0.5) is 0 Å². The minimum atomic E-state index is -0.272. The minimum absolute atomic E-state index is 0.272. The van der Waals surface area contributed by atoms with Gasteiger partial charge in [-0.1, -0.05) is 11.6 Å². The number of halogens is 1. The Labute approximate surface area is 124 Å². The smallest absolute Gasteiger partial charge is 0.0961 e. The summed E-state index contributed by atoms with van der Waals surface area (Å²) in [5.41, 5.74) is 1.12. The van der Waals surface area contributed by atoms with Crippen LogP contribution in [0.2, 0.25) is 4.34 Å². The van der Waals surface area contributed by atoms with Gasteiger partial charge in [0.25, 0.3) is 0 Å². The first kappa shape index (κ1) is 12.7. The van der Waals surface area contributed by atoms with E-state index in [0.717, 1.165) is 38.4 Å². The number of hydrogen-bond acceptors (Lipinski definition) is 2. The van der Waals surface area contributed by atoms with Crippen molar-refractivity contribution in [1.82, 2.24) is 0 Å². The summed E-state index contributed by atoms with van der Waals surface area (Å²) in [5.74, 6) is 3.99. The highest BCUT2D eigenvalue weighted by molar-refractivity contribution is 7.16. The van der Waals surface area contributed by atoms with Gasteiger partial charge in [0.05, 0.1) is 10.4 Å². The van der Waals surface area contributed by atoms with Crippen LogP contribution < -0.4 is 0 Å². The molecule has 4 bridgehead atoms. The van der Waals surface area contributed by atoms with Gasteiger partial charge in [0.1, 0.15) is 0 Å². The van der Waals surface area contributed by atoms with E-state index in [0.29, 0.717) is 5.92 Å². The highest BCUT2D eigenvalue weighted by atomic mass is 35.5. The Hall–Kier alpha value is -0.0500. The molecule has 3 heteroatoms. The molecule has 0 amide bonds. The number of aliphatic hydroxyl groups is 1. The summed E-state index contributed by atoms with van der Waals surface area (Å²) < 4.78 is 0.845. The van der Waals surface area contributed by atoms with E-state index in [1.165, 1.54) is 32.1 Å². The molecule has 1 nitrogen and oxygen atoms in total. The minimum Gasteiger partial charge on any atom is -0.387 e. The van der Waals surface area contributed by atoms with Crippen molar-refractivity contribution in [3.63, 3.8) is 0 Å². The van der Waals surface area contributed by atoms with Gasteiger partial charge >= 0.3 is 0 Å². The number of aliphatic hydroxyl groups excluding tert-OH is 1. The molecule has 4 aliphatic rings. The molecule has 1 unspecified atom stereocenters. The zero-order valence-corrected chi connectivity index (χ0v) is 12.9. The van der Waals surface area contributed by atoms with Gasteiger partial charge in [-0.05, 0) is 80.2 Å². The zero-order valence-electron chi connectivity index (χ0n) is 11.3. The molecule has 0 saturated heterocycles. The van der Waals surface area contributed by atoms with E-state index in [9.17, 15) is 5.11 Å². The lowest BCUT2D eigenvalue weighted by molar-refractivity contribution is -0.0898. The monoisotopic (exact) mass is 296 g/mol. The summed E-state index contributed by atoms with van der Waals surface area (Å²) in [6.07, 6.45) is 6.67. The van der Waals surface area contributed by atoms with Crippen LogP contribution in [0.1, 0.15) is 48.6 Å². The summed E-state index contributed by atoms with van der Waals surface area (Å²) >= 11 is 7.75. The summed E-state index contributed by atoms with van der Waals surface area (Å²) in [6, 6.07) is 2.10. The van der Waals surface area contributed by atoms with Crippen LogP contribution in [0, 0.1) is 36.5 Å².